The van der Waals surface area contributed by atoms with Crippen LogP contribution in [0.25, 0.3) is 0 Å². The lowest BCUT2D eigenvalue weighted by molar-refractivity contribution is 0.0668. The van der Waals surface area contributed by atoms with Crippen LogP contribution in [0.5, 0.6) is 0 Å². The minimum Gasteiger partial charge on any atom is -0.383 e. The Morgan fingerprint density at radius 2 is 2.10 bits per heavy atom. The Balaban J connectivity index is 1.48. The number of likely N-dealkylation sites (N-methyl/N-ethyl adjacent to an activating group) is 1. The van der Waals surface area contributed by atoms with Gasteiger partial charge in [-0.15, -0.1) is 0 Å². The molecule has 1 fully saturated rings. The summed E-state index contributed by atoms with van der Waals surface area (Å²) in [7, 11) is 3.56. The van der Waals surface area contributed by atoms with Crippen molar-refractivity contribution in [2.24, 2.45) is 0 Å². The van der Waals surface area contributed by atoms with Gasteiger partial charge in [0.05, 0.1) is 42.0 Å². The molecular weight excluding hydrogens is 384 g/mol. The van der Waals surface area contributed by atoms with E-state index in [2.05, 4.69) is 10.2 Å². The van der Waals surface area contributed by atoms with Crippen molar-refractivity contribution in [2.45, 2.75) is 44.7 Å². The van der Waals surface area contributed by atoms with Gasteiger partial charge in [-0.2, -0.15) is 10.2 Å². The number of rotatable bonds is 6. The highest BCUT2D eigenvalue weighted by molar-refractivity contribution is 5.95. The average Bonchev–Trinajstić information content (AvgIpc) is 3.21. The highest BCUT2D eigenvalue weighted by atomic mass is 16.5. The molecule has 0 N–H and O–H groups in total. The number of methoxy groups -OCH3 is 1. The third-order valence-corrected chi connectivity index (χ3v) is 6.13. The van der Waals surface area contributed by atoms with Gasteiger partial charge in [0, 0.05) is 46.4 Å². The van der Waals surface area contributed by atoms with Crippen molar-refractivity contribution in [1.29, 1.82) is 0 Å². The summed E-state index contributed by atoms with van der Waals surface area (Å²) in [4.78, 5) is 29.7. The number of hydrogen-bond acceptors (Lipinski definition) is 6. The molecule has 2 aliphatic rings. The molecule has 1 amide bonds. The SMILES string of the molecule is COCCN(C)c1cnn([C@H]2CCCN(C(=O)c3cnn4c3CCCC4)C2)c(=O)c1. The van der Waals surface area contributed by atoms with Crippen molar-refractivity contribution in [3.8, 4) is 0 Å². The number of aromatic nitrogens is 4. The maximum Gasteiger partial charge on any atom is 0.269 e. The highest BCUT2D eigenvalue weighted by Gasteiger charge is 2.29. The van der Waals surface area contributed by atoms with Gasteiger partial charge >= 0.3 is 0 Å². The van der Waals surface area contributed by atoms with Crippen LogP contribution in [0.15, 0.2) is 23.3 Å². The molecule has 162 valence electrons. The first-order valence-electron chi connectivity index (χ1n) is 10.7. The lowest BCUT2D eigenvalue weighted by Crippen LogP contribution is -2.43. The number of anilines is 1. The molecule has 1 saturated heterocycles. The Kier molecular flexibility index (Phi) is 6.17. The van der Waals surface area contributed by atoms with Crippen LogP contribution in [-0.4, -0.2) is 70.8 Å². The summed E-state index contributed by atoms with van der Waals surface area (Å²) in [5.41, 5.74) is 2.39. The van der Waals surface area contributed by atoms with Gasteiger partial charge in [0.15, 0.2) is 0 Å². The van der Waals surface area contributed by atoms with Gasteiger partial charge in [0.1, 0.15) is 0 Å². The molecule has 1 atom stereocenters. The quantitative estimate of drug-likeness (QED) is 0.709. The first kappa shape index (κ1) is 20.6. The predicted molar refractivity (Wildman–Crippen MR) is 113 cm³/mol. The van der Waals surface area contributed by atoms with Crippen LogP contribution in [0.1, 0.15) is 47.8 Å². The molecule has 0 bridgehead atoms. The number of ether oxygens (including phenoxy) is 1. The number of likely N-dealkylation sites (tertiary alicyclic amines) is 1. The lowest BCUT2D eigenvalue weighted by atomic mass is 10.0. The molecule has 0 aromatic carbocycles. The smallest absolute Gasteiger partial charge is 0.269 e. The van der Waals surface area contributed by atoms with E-state index in [1.807, 2.05) is 21.5 Å². The summed E-state index contributed by atoms with van der Waals surface area (Å²) in [5, 5.41) is 8.82. The molecule has 0 spiro atoms. The number of piperidine rings is 1. The van der Waals surface area contributed by atoms with Crippen molar-refractivity contribution < 1.29 is 9.53 Å². The Bertz CT molecular complexity index is 952. The lowest BCUT2D eigenvalue weighted by Gasteiger charge is -2.33. The normalized spacial score (nSPS) is 18.9. The Labute approximate surface area is 176 Å². The van der Waals surface area contributed by atoms with Crippen molar-refractivity contribution in [1.82, 2.24) is 24.5 Å². The van der Waals surface area contributed by atoms with Crippen LogP contribution >= 0.6 is 0 Å². The number of amides is 1. The fraction of sp³-hybridized carbons (Fsp3) is 0.619. The largest absolute Gasteiger partial charge is 0.383 e. The van der Waals surface area contributed by atoms with Gasteiger partial charge in [-0.3, -0.25) is 14.3 Å². The maximum absolute atomic E-state index is 13.2. The molecular formula is C21H30N6O3. The van der Waals surface area contributed by atoms with E-state index in [1.54, 1.807) is 25.6 Å². The van der Waals surface area contributed by atoms with Gasteiger partial charge < -0.3 is 14.5 Å². The number of fused-ring (bicyclic) bond motifs is 1. The van der Waals surface area contributed by atoms with Crippen molar-refractivity contribution in [3.05, 3.63) is 40.1 Å². The van der Waals surface area contributed by atoms with E-state index < -0.39 is 0 Å². The topological polar surface area (TPSA) is 85.5 Å². The van der Waals surface area contributed by atoms with Crippen LogP contribution in [0, 0.1) is 0 Å². The zero-order chi connectivity index (χ0) is 21.1. The van der Waals surface area contributed by atoms with Crippen LogP contribution in [0.2, 0.25) is 0 Å². The van der Waals surface area contributed by atoms with Crippen molar-refractivity contribution >= 4 is 11.6 Å². The summed E-state index contributed by atoms with van der Waals surface area (Å²) in [6.45, 7) is 3.35. The van der Waals surface area contributed by atoms with E-state index in [1.165, 1.54) is 4.68 Å². The maximum atomic E-state index is 13.2. The van der Waals surface area contributed by atoms with Crippen LogP contribution in [0.3, 0.4) is 0 Å². The molecule has 2 aliphatic heterocycles. The summed E-state index contributed by atoms with van der Waals surface area (Å²) in [5.74, 6) is 0.0202. The molecule has 2 aromatic rings. The average molecular weight is 415 g/mol. The first-order valence-corrected chi connectivity index (χ1v) is 10.7. The third kappa shape index (κ3) is 4.12. The first-order chi connectivity index (χ1) is 14.6. The second-order valence-electron chi connectivity index (χ2n) is 8.14. The molecule has 4 heterocycles. The number of aryl methyl sites for hydroxylation is 1. The van der Waals surface area contributed by atoms with E-state index in [4.69, 9.17) is 4.74 Å². The zero-order valence-corrected chi connectivity index (χ0v) is 17.8. The standard InChI is InChI=1S/C21H30N6O3/c1-24(10-11-30-2)17-12-20(28)27(23-13-17)16-6-5-8-25(15-16)21(29)18-14-22-26-9-4-3-7-19(18)26/h12-14,16H,3-11,15H2,1-2H3/t16-/m0/s1. The van der Waals surface area contributed by atoms with Crippen LogP contribution in [0.4, 0.5) is 5.69 Å². The molecule has 0 radical (unpaired) electrons. The Hall–Kier alpha value is -2.68. The summed E-state index contributed by atoms with van der Waals surface area (Å²) in [6, 6.07) is 1.50. The molecule has 4 rings (SSSR count). The molecule has 0 aliphatic carbocycles. The van der Waals surface area contributed by atoms with Crippen LogP contribution in [-0.2, 0) is 17.7 Å². The fourth-order valence-electron chi connectivity index (χ4n) is 4.36. The van der Waals surface area contributed by atoms with Gasteiger partial charge in [-0.1, -0.05) is 0 Å². The monoisotopic (exact) mass is 414 g/mol. The highest BCUT2D eigenvalue weighted by Crippen LogP contribution is 2.24. The molecule has 2 aromatic heterocycles. The Morgan fingerprint density at radius 1 is 1.23 bits per heavy atom. The van der Waals surface area contributed by atoms with Gasteiger partial charge in [0.2, 0.25) is 0 Å². The van der Waals surface area contributed by atoms with Crippen LogP contribution < -0.4 is 10.5 Å². The van der Waals surface area contributed by atoms with Crippen molar-refractivity contribution in [3.63, 3.8) is 0 Å². The molecule has 30 heavy (non-hydrogen) atoms. The minimum atomic E-state index is -0.140. The minimum absolute atomic E-state index is 0.0202. The number of nitrogens with zero attached hydrogens (tertiary/aromatic N) is 6. The zero-order valence-electron chi connectivity index (χ0n) is 17.8. The Morgan fingerprint density at radius 3 is 2.90 bits per heavy atom. The number of hydrogen-bond donors (Lipinski definition) is 0. The van der Waals surface area contributed by atoms with E-state index in [-0.39, 0.29) is 17.5 Å². The van der Waals surface area contributed by atoms with E-state index in [9.17, 15) is 9.59 Å². The van der Waals surface area contributed by atoms with E-state index in [0.717, 1.165) is 50.0 Å². The predicted octanol–water partition coefficient (Wildman–Crippen LogP) is 1.34. The molecule has 0 saturated carbocycles. The number of carbonyl (C=O) groups is 1. The van der Waals surface area contributed by atoms with Crippen molar-refractivity contribution in [2.75, 3.05) is 45.3 Å². The fourth-order valence-corrected chi connectivity index (χ4v) is 4.36. The second-order valence-corrected chi connectivity index (χ2v) is 8.14. The van der Waals surface area contributed by atoms with Gasteiger partial charge in [0.25, 0.3) is 11.5 Å². The molecule has 0 unspecified atom stereocenters. The number of carbonyl (C=O) groups excluding carboxylic acids is 1. The second kappa shape index (κ2) is 8.99. The summed E-state index contributed by atoms with van der Waals surface area (Å²) in [6.07, 6.45) is 8.22. The molecule has 9 heteroatoms. The van der Waals surface area contributed by atoms with Gasteiger partial charge in [-0.25, -0.2) is 4.68 Å². The summed E-state index contributed by atoms with van der Waals surface area (Å²) >= 11 is 0. The molecule has 9 nitrogen and oxygen atoms in total. The van der Waals surface area contributed by atoms with E-state index in [0.29, 0.717) is 31.8 Å². The van der Waals surface area contributed by atoms with Gasteiger partial charge in [-0.05, 0) is 32.1 Å². The third-order valence-electron chi connectivity index (χ3n) is 6.13. The summed E-state index contributed by atoms with van der Waals surface area (Å²) < 4.78 is 8.58. The van der Waals surface area contributed by atoms with E-state index >= 15 is 0 Å².